The molecule has 1 aliphatic carbocycles. The average molecular weight is 227 g/mol. The average Bonchev–Trinajstić information content (AvgIpc) is 2.50. The summed E-state index contributed by atoms with van der Waals surface area (Å²) < 4.78 is 0. The number of aromatic nitrogens is 2. The SMILES string of the molecule is Nc1cc(=O)[nH]c(SC2CCCC2O)n1. The van der Waals surface area contributed by atoms with E-state index >= 15 is 0 Å². The summed E-state index contributed by atoms with van der Waals surface area (Å²) in [5, 5.41) is 10.2. The first-order chi connectivity index (χ1) is 7.15. The van der Waals surface area contributed by atoms with Crippen LogP contribution in [-0.4, -0.2) is 26.4 Å². The third-order valence-corrected chi connectivity index (χ3v) is 3.69. The molecule has 0 amide bonds. The van der Waals surface area contributed by atoms with Gasteiger partial charge in [0.1, 0.15) is 5.82 Å². The highest BCUT2D eigenvalue weighted by molar-refractivity contribution is 7.99. The van der Waals surface area contributed by atoms with Crippen molar-refractivity contribution in [2.75, 3.05) is 5.73 Å². The van der Waals surface area contributed by atoms with E-state index in [2.05, 4.69) is 9.97 Å². The summed E-state index contributed by atoms with van der Waals surface area (Å²) in [6.45, 7) is 0. The van der Waals surface area contributed by atoms with Crippen LogP contribution in [0, 0.1) is 0 Å². The van der Waals surface area contributed by atoms with E-state index in [0.717, 1.165) is 19.3 Å². The normalized spacial score (nSPS) is 25.7. The molecule has 0 aromatic carbocycles. The fourth-order valence-electron chi connectivity index (χ4n) is 1.70. The van der Waals surface area contributed by atoms with Crippen molar-refractivity contribution in [1.82, 2.24) is 9.97 Å². The van der Waals surface area contributed by atoms with Gasteiger partial charge in [-0.3, -0.25) is 4.79 Å². The molecule has 0 saturated heterocycles. The molecule has 82 valence electrons. The van der Waals surface area contributed by atoms with Crippen LogP contribution in [0.2, 0.25) is 0 Å². The summed E-state index contributed by atoms with van der Waals surface area (Å²) in [6, 6.07) is 1.25. The number of aliphatic hydroxyl groups is 1. The third-order valence-electron chi connectivity index (χ3n) is 2.42. The topological polar surface area (TPSA) is 92.0 Å². The molecule has 1 fully saturated rings. The molecular formula is C9H13N3O2S. The van der Waals surface area contributed by atoms with Gasteiger partial charge in [0.25, 0.3) is 5.56 Å². The Morgan fingerprint density at radius 3 is 3.00 bits per heavy atom. The van der Waals surface area contributed by atoms with Crippen LogP contribution in [0.3, 0.4) is 0 Å². The Labute approximate surface area is 91.1 Å². The van der Waals surface area contributed by atoms with Gasteiger partial charge in [-0.1, -0.05) is 11.8 Å². The van der Waals surface area contributed by atoms with Crippen molar-refractivity contribution in [1.29, 1.82) is 0 Å². The molecule has 0 aliphatic heterocycles. The van der Waals surface area contributed by atoms with Crippen LogP contribution in [0.5, 0.6) is 0 Å². The highest BCUT2D eigenvalue weighted by atomic mass is 32.2. The zero-order chi connectivity index (χ0) is 10.8. The number of aromatic amines is 1. The number of hydrogen-bond donors (Lipinski definition) is 3. The summed E-state index contributed by atoms with van der Waals surface area (Å²) in [5.41, 5.74) is 5.21. The maximum Gasteiger partial charge on any atom is 0.253 e. The van der Waals surface area contributed by atoms with Crippen molar-refractivity contribution >= 4 is 17.6 Å². The summed E-state index contributed by atoms with van der Waals surface area (Å²) in [6.07, 6.45) is 2.49. The minimum absolute atomic E-state index is 0.120. The summed E-state index contributed by atoms with van der Waals surface area (Å²) in [7, 11) is 0. The lowest BCUT2D eigenvalue weighted by molar-refractivity contribution is 0.188. The molecule has 2 atom stereocenters. The molecular weight excluding hydrogens is 214 g/mol. The number of rotatable bonds is 2. The Morgan fingerprint density at radius 2 is 2.40 bits per heavy atom. The fraction of sp³-hybridized carbons (Fsp3) is 0.556. The number of nitrogens with zero attached hydrogens (tertiary/aromatic N) is 1. The van der Waals surface area contributed by atoms with E-state index in [1.165, 1.54) is 17.8 Å². The predicted molar refractivity (Wildman–Crippen MR) is 58.8 cm³/mol. The van der Waals surface area contributed by atoms with Crippen molar-refractivity contribution in [3.63, 3.8) is 0 Å². The first kappa shape index (κ1) is 10.5. The van der Waals surface area contributed by atoms with Crippen LogP contribution < -0.4 is 11.3 Å². The van der Waals surface area contributed by atoms with Gasteiger partial charge in [-0.15, -0.1) is 0 Å². The van der Waals surface area contributed by atoms with Gasteiger partial charge in [0, 0.05) is 11.3 Å². The number of thioether (sulfide) groups is 1. The van der Waals surface area contributed by atoms with Crippen molar-refractivity contribution < 1.29 is 5.11 Å². The molecule has 0 radical (unpaired) electrons. The Balaban J connectivity index is 2.13. The van der Waals surface area contributed by atoms with Crippen LogP contribution in [0.4, 0.5) is 5.82 Å². The van der Waals surface area contributed by atoms with Gasteiger partial charge in [0.15, 0.2) is 5.16 Å². The highest BCUT2D eigenvalue weighted by Crippen LogP contribution is 2.32. The smallest absolute Gasteiger partial charge is 0.253 e. The van der Waals surface area contributed by atoms with E-state index < -0.39 is 0 Å². The second-order valence-corrected chi connectivity index (χ2v) is 4.86. The van der Waals surface area contributed by atoms with Gasteiger partial charge in [-0.25, -0.2) is 4.98 Å². The maximum absolute atomic E-state index is 11.1. The second-order valence-electron chi connectivity index (χ2n) is 3.63. The first-order valence-corrected chi connectivity index (χ1v) is 5.74. The third kappa shape index (κ3) is 2.51. The quantitative estimate of drug-likeness (QED) is 0.634. The first-order valence-electron chi connectivity index (χ1n) is 4.87. The molecule has 1 aromatic heterocycles. The van der Waals surface area contributed by atoms with Crippen LogP contribution in [0.25, 0.3) is 0 Å². The van der Waals surface area contributed by atoms with Crippen molar-refractivity contribution in [2.24, 2.45) is 0 Å². The number of nitrogens with one attached hydrogen (secondary N) is 1. The van der Waals surface area contributed by atoms with Gasteiger partial charge < -0.3 is 15.8 Å². The lowest BCUT2D eigenvalue weighted by Gasteiger charge is -2.12. The van der Waals surface area contributed by atoms with Crippen LogP contribution in [0.1, 0.15) is 19.3 Å². The summed E-state index contributed by atoms with van der Waals surface area (Å²) in [5.74, 6) is 0.216. The number of aliphatic hydroxyl groups excluding tert-OH is 1. The summed E-state index contributed by atoms with van der Waals surface area (Å²) in [4.78, 5) is 17.7. The van der Waals surface area contributed by atoms with Gasteiger partial charge in [-0.05, 0) is 19.3 Å². The van der Waals surface area contributed by atoms with Gasteiger partial charge >= 0.3 is 0 Å². The number of anilines is 1. The number of H-pyrrole nitrogens is 1. The highest BCUT2D eigenvalue weighted by Gasteiger charge is 2.26. The molecule has 0 bridgehead atoms. The van der Waals surface area contributed by atoms with Crippen LogP contribution in [0.15, 0.2) is 16.0 Å². The number of nitrogen functional groups attached to an aromatic ring is 1. The molecule has 4 N–H and O–H groups in total. The predicted octanol–water partition coefficient (Wildman–Crippen LogP) is 0.358. The van der Waals surface area contributed by atoms with E-state index in [9.17, 15) is 9.90 Å². The summed E-state index contributed by atoms with van der Waals surface area (Å²) >= 11 is 1.39. The molecule has 2 unspecified atom stereocenters. The minimum Gasteiger partial charge on any atom is -0.392 e. The van der Waals surface area contributed by atoms with Crippen LogP contribution in [-0.2, 0) is 0 Å². The molecule has 2 rings (SSSR count). The van der Waals surface area contributed by atoms with E-state index in [-0.39, 0.29) is 22.7 Å². The van der Waals surface area contributed by atoms with Gasteiger partial charge in [0.05, 0.1) is 6.10 Å². The number of nitrogens with two attached hydrogens (primary N) is 1. The van der Waals surface area contributed by atoms with Gasteiger partial charge in [0.2, 0.25) is 0 Å². The molecule has 1 aliphatic rings. The molecule has 1 aromatic rings. The van der Waals surface area contributed by atoms with Crippen LogP contribution >= 0.6 is 11.8 Å². The molecule has 5 nitrogen and oxygen atoms in total. The number of hydrogen-bond acceptors (Lipinski definition) is 5. The van der Waals surface area contributed by atoms with E-state index in [1.807, 2.05) is 0 Å². The molecule has 0 spiro atoms. The molecule has 1 heterocycles. The maximum atomic E-state index is 11.1. The molecule has 1 saturated carbocycles. The van der Waals surface area contributed by atoms with E-state index in [4.69, 9.17) is 5.73 Å². The van der Waals surface area contributed by atoms with Crippen molar-refractivity contribution in [3.05, 3.63) is 16.4 Å². The van der Waals surface area contributed by atoms with Crippen molar-refractivity contribution in [3.8, 4) is 0 Å². The molecule has 15 heavy (non-hydrogen) atoms. The minimum atomic E-state index is -0.304. The van der Waals surface area contributed by atoms with E-state index in [1.54, 1.807) is 0 Å². The Hall–Kier alpha value is -1.01. The van der Waals surface area contributed by atoms with Crippen molar-refractivity contribution in [2.45, 2.75) is 35.8 Å². The largest absolute Gasteiger partial charge is 0.392 e. The van der Waals surface area contributed by atoms with E-state index in [0.29, 0.717) is 5.16 Å². The standard InChI is InChI=1S/C9H13N3O2S/c10-7-4-8(14)12-9(11-7)15-6-3-1-2-5(6)13/h4-6,13H,1-3H2,(H3,10,11,12,14). The lowest BCUT2D eigenvalue weighted by Crippen LogP contribution is -2.17. The monoisotopic (exact) mass is 227 g/mol. The Kier molecular flexibility index (Phi) is 2.97. The zero-order valence-electron chi connectivity index (χ0n) is 8.14. The zero-order valence-corrected chi connectivity index (χ0v) is 8.96. The molecule has 6 heteroatoms. The lowest BCUT2D eigenvalue weighted by atomic mass is 10.3. The Morgan fingerprint density at radius 1 is 1.60 bits per heavy atom. The Bertz CT molecular complexity index is 407. The second kappa shape index (κ2) is 4.24. The fourth-order valence-corrected chi connectivity index (χ4v) is 2.88. The van der Waals surface area contributed by atoms with Gasteiger partial charge in [-0.2, -0.15) is 0 Å².